The van der Waals surface area contributed by atoms with Crippen LogP contribution in [0.25, 0.3) is 0 Å². The number of benzene rings is 1. The highest BCUT2D eigenvalue weighted by Gasteiger charge is 2.11. The highest BCUT2D eigenvalue weighted by atomic mass is 15.3. The van der Waals surface area contributed by atoms with Crippen LogP contribution in [-0.2, 0) is 6.54 Å². The van der Waals surface area contributed by atoms with E-state index in [1.54, 1.807) is 0 Å². The van der Waals surface area contributed by atoms with Crippen molar-refractivity contribution in [2.24, 2.45) is 0 Å². The Balaban J connectivity index is 1.32. The van der Waals surface area contributed by atoms with Crippen molar-refractivity contribution in [2.75, 3.05) is 13.2 Å². The lowest BCUT2D eigenvalue weighted by molar-refractivity contribution is 0.256. The summed E-state index contributed by atoms with van der Waals surface area (Å²) in [5.74, 6) is 0. The minimum atomic E-state index is 1.02. The second kappa shape index (κ2) is 16.4. The normalized spacial score (nSPS) is 13.6. The van der Waals surface area contributed by atoms with Gasteiger partial charge >= 0.3 is 0 Å². The molecule has 0 aromatic heterocycles. The van der Waals surface area contributed by atoms with Crippen molar-refractivity contribution < 1.29 is 0 Å². The maximum atomic E-state index is 2.46. The molecule has 0 bridgehead atoms. The van der Waals surface area contributed by atoms with E-state index in [0.717, 1.165) is 13.2 Å². The fourth-order valence-corrected chi connectivity index (χ4v) is 4.27. The minimum absolute atomic E-state index is 1.02. The third-order valence-electron chi connectivity index (χ3n) is 6.13. The van der Waals surface area contributed by atoms with Crippen LogP contribution in [0.2, 0.25) is 0 Å². The first-order valence-electron chi connectivity index (χ1n) is 12.6. The van der Waals surface area contributed by atoms with Gasteiger partial charge in [0.2, 0.25) is 0 Å². The summed E-state index contributed by atoms with van der Waals surface area (Å²) in [5.41, 5.74) is 1.39. The average molecular weight is 399 g/mol. The van der Waals surface area contributed by atoms with E-state index in [2.05, 4.69) is 59.5 Å². The maximum absolute atomic E-state index is 2.46. The summed E-state index contributed by atoms with van der Waals surface area (Å²) < 4.78 is 0. The van der Waals surface area contributed by atoms with Crippen LogP contribution in [0.5, 0.6) is 0 Å². The molecular weight excluding hydrogens is 352 g/mol. The number of nitrogens with zero attached hydrogens (tertiary/aromatic N) is 2. The molecule has 2 nitrogen and oxygen atoms in total. The van der Waals surface area contributed by atoms with Crippen molar-refractivity contribution in [3.63, 3.8) is 0 Å². The molecular formula is C27H46N2. The Kier molecular flexibility index (Phi) is 13.5. The van der Waals surface area contributed by atoms with Crippen LogP contribution in [-0.4, -0.2) is 23.0 Å². The zero-order valence-corrected chi connectivity index (χ0v) is 19.2. The second-order valence-electron chi connectivity index (χ2n) is 8.93. The van der Waals surface area contributed by atoms with Crippen LogP contribution in [0.3, 0.4) is 0 Å². The van der Waals surface area contributed by atoms with E-state index in [1.807, 2.05) is 0 Å². The summed E-state index contributed by atoms with van der Waals surface area (Å²) in [6.07, 6.45) is 26.1. The number of rotatable bonds is 18. The highest BCUT2D eigenvalue weighted by molar-refractivity contribution is 5.15. The number of hydrogen-bond acceptors (Lipinski definition) is 2. The Morgan fingerprint density at radius 2 is 1.07 bits per heavy atom. The first-order chi connectivity index (χ1) is 14.4. The van der Waals surface area contributed by atoms with Gasteiger partial charge in [0.15, 0.2) is 0 Å². The molecule has 29 heavy (non-hydrogen) atoms. The van der Waals surface area contributed by atoms with Gasteiger partial charge in [-0.05, 0) is 12.0 Å². The van der Waals surface area contributed by atoms with Gasteiger partial charge in [0.25, 0.3) is 0 Å². The van der Waals surface area contributed by atoms with Gasteiger partial charge in [0, 0.05) is 25.5 Å². The predicted molar refractivity (Wildman–Crippen MR) is 128 cm³/mol. The van der Waals surface area contributed by atoms with Crippen LogP contribution >= 0.6 is 0 Å². The lowest BCUT2D eigenvalue weighted by Crippen LogP contribution is -2.25. The third-order valence-corrected chi connectivity index (χ3v) is 6.13. The molecule has 0 saturated carbocycles. The fourth-order valence-electron chi connectivity index (χ4n) is 4.27. The average Bonchev–Trinajstić information content (AvgIpc) is 3.19. The fraction of sp³-hybridized carbons (Fsp3) is 0.704. The van der Waals surface area contributed by atoms with E-state index in [4.69, 9.17) is 0 Å². The molecule has 1 aliphatic rings. The molecule has 0 atom stereocenters. The topological polar surface area (TPSA) is 6.48 Å². The lowest BCUT2D eigenvalue weighted by Gasteiger charge is -2.21. The Bertz CT molecular complexity index is 511. The van der Waals surface area contributed by atoms with Crippen molar-refractivity contribution in [3.8, 4) is 0 Å². The molecule has 164 valence electrons. The molecule has 1 aliphatic heterocycles. The van der Waals surface area contributed by atoms with Crippen LogP contribution in [0.15, 0.2) is 42.7 Å². The van der Waals surface area contributed by atoms with E-state index >= 15 is 0 Å². The van der Waals surface area contributed by atoms with Crippen molar-refractivity contribution in [3.05, 3.63) is 48.3 Å². The maximum Gasteiger partial charge on any atom is 0.0897 e. The van der Waals surface area contributed by atoms with Gasteiger partial charge in [0.1, 0.15) is 0 Å². The van der Waals surface area contributed by atoms with Crippen molar-refractivity contribution in [1.29, 1.82) is 0 Å². The van der Waals surface area contributed by atoms with E-state index in [-0.39, 0.29) is 0 Å². The summed E-state index contributed by atoms with van der Waals surface area (Å²) in [5, 5.41) is 0. The smallest absolute Gasteiger partial charge is 0.0897 e. The first-order valence-corrected chi connectivity index (χ1v) is 12.6. The van der Waals surface area contributed by atoms with Crippen LogP contribution in [0.4, 0.5) is 0 Å². The van der Waals surface area contributed by atoms with Gasteiger partial charge in [-0.2, -0.15) is 0 Å². The lowest BCUT2D eigenvalue weighted by atomic mass is 10.0. The Morgan fingerprint density at radius 3 is 1.62 bits per heavy atom. The van der Waals surface area contributed by atoms with Crippen LogP contribution < -0.4 is 0 Å². The molecule has 1 heterocycles. The molecule has 0 N–H and O–H groups in total. The van der Waals surface area contributed by atoms with Gasteiger partial charge < -0.3 is 9.80 Å². The summed E-state index contributed by atoms with van der Waals surface area (Å²) in [4.78, 5) is 4.87. The molecule has 0 saturated heterocycles. The third kappa shape index (κ3) is 12.0. The quantitative estimate of drug-likeness (QED) is 0.230. The molecule has 2 heteroatoms. The molecule has 2 rings (SSSR count). The molecule has 0 spiro atoms. The van der Waals surface area contributed by atoms with Gasteiger partial charge in [-0.25, -0.2) is 0 Å². The monoisotopic (exact) mass is 398 g/mol. The van der Waals surface area contributed by atoms with E-state index in [1.165, 1.54) is 108 Å². The van der Waals surface area contributed by atoms with E-state index in [0.29, 0.717) is 0 Å². The zero-order valence-electron chi connectivity index (χ0n) is 19.2. The molecule has 0 amide bonds. The summed E-state index contributed by atoms with van der Waals surface area (Å²) >= 11 is 0. The second-order valence-corrected chi connectivity index (χ2v) is 8.93. The molecule has 0 aliphatic carbocycles. The van der Waals surface area contributed by atoms with Crippen molar-refractivity contribution >= 4 is 0 Å². The van der Waals surface area contributed by atoms with Gasteiger partial charge in [0.05, 0.1) is 6.67 Å². The van der Waals surface area contributed by atoms with Crippen LogP contribution in [0, 0.1) is 0 Å². The summed E-state index contributed by atoms with van der Waals surface area (Å²) in [6.45, 7) is 5.58. The Labute approximate surface area is 181 Å². The van der Waals surface area contributed by atoms with Gasteiger partial charge in [-0.3, -0.25) is 0 Å². The molecule has 0 fully saturated rings. The zero-order chi connectivity index (χ0) is 20.4. The van der Waals surface area contributed by atoms with Gasteiger partial charge in [-0.1, -0.05) is 127 Å². The molecule has 1 aromatic rings. The Morgan fingerprint density at radius 1 is 0.586 bits per heavy atom. The SMILES string of the molecule is CCCCCCCCCCCCCCCCCN1C=CN(Cc2ccccc2)C1. The van der Waals surface area contributed by atoms with Crippen LogP contribution in [0.1, 0.15) is 109 Å². The van der Waals surface area contributed by atoms with E-state index in [9.17, 15) is 0 Å². The summed E-state index contributed by atoms with van der Waals surface area (Å²) in [7, 11) is 0. The molecule has 0 unspecified atom stereocenters. The van der Waals surface area contributed by atoms with Crippen molar-refractivity contribution in [2.45, 2.75) is 110 Å². The summed E-state index contributed by atoms with van der Waals surface area (Å²) in [6, 6.07) is 10.8. The van der Waals surface area contributed by atoms with Crippen molar-refractivity contribution in [1.82, 2.24) is 9.80 Å². The standard InChI is InChI=1S/C27H46N2/c1-2-3-4-5-6-7-8-9-10-11-12-13-14-15-19-22-28-23-24-29(26-28)25-27-20-17-16-18-21-27/h16-18,20-21,23-24H,2-15,19,22,25-26H2,1H3. The molecule has 1 aromatic carbocycles. The highest BCUT2D eigenvalue weighted by Crippen LogP contribution is 2.15. The molecule has 0 radical (unpaired) electrons. The van der Waals surface area contributed by atoms with Gasteiger partial charge in [-0.15, -0.1) is 0 Å². The minimum Gasteiger partial charge on any atom is -0.359 e. The van der Waals surface area contributed by atoms with E-state index < -0.39 is 0 Å². The largest absolute Gasteiger partial charge is 0.359 e. The first kappa shape index (κ1) is 23.8. The Hall–Kier alpha value is -1.44. The number of hydrogen-bond donors (Lipinski definition) is 0. The number of unbranched alkanes of at least 4 members (excludes halogenated alkanes) is 14. The predicted octanol–water partition coefficient (Wildman–Crippen LogP) is 8.10.